The van der Waals surface area contributed by atoms with Gasteiger partial charge in [-0.15, -0.1) is 4.91 Å². The van der Waals surface area contributed by atoms with E-state index in [2.05, 4.69) is 52.5 Å². The quantitative estimate of drug-likeness (QED) is 0.391. The van der Waals surface area contributed by atoms with Crippen molar-refractivity contribution in [3.63, 3.8) is 0 Å². The summed E-state index contributed by atoms with van der Waals surface area (Å²) in [6.07, 6.45) is 0. The molecule has 0 radical (unpaired) electrons. The van der Waals surface area contributed by atoms with E-state index < -0.39 is 0 Å². The van der Waals surface area contributed by atoms with Crippen LogP contribution in [0.1, 0.15) is 0 Å². The molecule has 120 valence electrons. The molecule has 0 amide bonds. The minimum absolute atomic E-state index is 0.426. The Morgan fingerprint density at radius 2 is 1.16 bits per heavy atom. The number of anilines is 3. The molecular formula is C22H16N2O. The van der Waals surface area contributed by atoms with Crippen LogP contribution in [0.3, 0.4) is 0 Å². The van der Waals surface area contributed by atoms with Crippen LogP contribution in [0, 0.1) is 4.91 Å². The summed E-state index contributed by atoms with van der Waals surface area (Å²) in [5.74, 6) is 0. The van der Waals surface area contributed by atoms with Gasteiger partial charge >= 0.3 is 0 Å². The second-order valence-corrected chi connectivity index (χ2v) is 5.81. The van der Waals surface area contributed by atoms with E-state index in [0.717, 1.165) is 17.1 Å². The summed E-state index contributed by atoms with van der Waals surface area (Å²) < 4.78 is 0. The second-order valence-electron chi connectivity index (χ2n) is 5.81. The average Bonchev–Trinajstić information content (AvgIpc) is 2.69. The van der Waals surface area contributed by atoms with Gasteiger partial charge in [0.05, 0.1) is 0 Å². The molecule has 4 aromatic carbocycles. The molecule has 0 aliphatic carbocycles. The van der Waals surface area contributed by atoms with E-state index in [1.165, 1.54) is 10.8 Å². The number of hydrogen-bond donors (Lipinski definition) is 0. The third-order valence-electron chi connectivity index (χ3n) is 4.22. The van der Waals surface area contributed by atoms with Gasteiger partial charge in [0, 0.05) is 17.1 Å². The second kappa shape index (κ2) is 6.57. The zero-order valence-corrected chi connectivity index (χ0v) is 13.5. The number of rotatable bonds is 4. The molecule has 0 atom stereocenters. The minimum atomic E-state index is 0.426. The Bertz CT molecular complexity index is 1010. The van der Waals surface area contributed by atoms with Crippen molar-refractivity contribution in [2.24, 2.45) is 5.18 Å². The monoisotopic (exact) mass is 324 g/mol. The van der Waals surface area contributed by atoms with Gasteiger partial charge in [0.25, 0.3) is 0 Å². The fraction of sp³-hybridized carbons (Fsp3) is 0. The van der Waals surface area contributed by atoms with Crippen molar-refractivity contribution in [1.82, 2.24) is 0 Å². The molecular weight excluding hydrogens is 308 g/mol. The molecule has 4 rings (SSSR count). The van der Waals surface area contributed by atoms with E-state index in [1.54, 1.807) is 12.1 Å². The summed E-state index contributed by atoms with van der Waals surface area (Å²) >= 11 is 0. The van der Waals surface area contributed by atoms with Gasteiger partial charge in [-0.3, -0.25) is 0 Å². The summed E-state index contributed by atoms with van der Waals surface area (Å²) in [7, 11) is 0. The Hall–Kier alpha value is -3.46. The Kier molecular flexibility index (Phi) is 3.97. The maximum atomic E-state index is 10.7. The molecule has 3 heteroatoms. The van der Waals surface area contributed by atoms with E-state index >= 15 is 0 Å². The van der Waals surface area contributed by atoms with Crippen LogP contribution in [-0.2, 0) is 0 Å². The molecule has 25 heavy (non-hydrogen) atoms. The van der Waals surface area contributed by atoms with Crippen molar-refractivity contribution >= 4 is 33.5 Å². The third-order valence-corrected chi connectivity index (χ3v) is 4.22. The Morgan fingerprint density at radius 3 is 1.88 bits per heavy atom. The minimum Gasteiger partial charge on any atom is -0.310 e. The highest BCUT2D eigenvalue weighted by molar-refractivity contribution is 5.89. The summed E-state index contributed by atoms with van der Waals surface area (Å²) in [4.78, 5) is 12.9. The lowest BCUT2D eigenvalue weighted by atomic mass is 10.1. The van der Waals surface area contributed by atoms with Crippen LogP contribution in [0.4, 0.5) is 22.7 Å². The van der Waals surface area contributed by atoms with Gasteiger partial charge in [-0.2, -0.15) is 0 Å². The highest BCUT2D eigenvalue weighted by atomic mass is 16.3. The standard InChI is InChI=1S/C22H16N2O/c25-23-19-11-14-21(15-12-19)24(20-8-2-1-3-9-20)22-13-10-17-6-4-5-7-18(17)16-22/h1-16H. The summed E-state index contributed by atoms with van der Waals surface area (Å²) in [6, 6.07) is 32.2. The predicted octanol–water partition coefficient (Wildman–Crippen LogP) is 6.71. The number of benzene rings is 4. The van der Waals surface area contributed by atoms with Crippen molar-refractivity contribution in [1.29, 1.82) is 0 Å². The van der Waals surface area contributed by atoms with Gasteiger partial charge in [-0.05, 0) is 64.5 Å². The van der Waals surface area contributed by atoms with Crippen LogP contribution in [0.25, 0.3) is 10.8 Å². The largest absolute Gasteiger partial charge is 0.310 e. The van der Waals surface area contributed by atoms with Gasteiger partial charge in [0.2, 0.25) is 0 Å². The van der Waals surface area contributed by atoms with Gasteiger partial charge in [0.1, 0.15) is 5.69 Å². The van der Waals surface area contributed by atoms with Crippen LogP contribution in [0.2, 0.25) is 0 Å². The fourth-order valence-electron chi connectivity index (χ4n) is 3.00. The Labute approximate surface area is 146 Å². The van der Waals surface area contributed by atoms with E-state index in [9.17, 15) is 4.91 Å². The topological polar surface area (TPSA) is 32.7 Å². The molecule has 0 fully saturated rings. The number of nitrogens with zero attached hydrogens (tertiary/aromatic N) is 2. The van der Waals surface area contributed by atoms with E-state index in [4.69, 9.17) is 0 Å². The Morgan fingerprint density at radius 1 is 0.560 bits per heavy atom. The van der Waals surface area contributed by atoms with Crippen LogP contribution in [0.15, 0.2) is 102 Å². The predicted molar refractivity (Wildman–Crippen MR) is 104 cm³/mol. The average molecular weight is 324 g/mol. The van der Waals surface area contributed by atoms with E-state index in [-0.39, 0.29) is 0 Å². The summed E-state index contributed by atoms with van der Waals surface area (Å²) in [6.45, 7) is 0. The first-order valence-electron chi connectivity index (χ1n) is 8.12. The molecule has 0 aliphatic rings. The van der Waals surface area contributed by atoms with E-state index in [0.29, 0.717) is 5.69 Å². The highest BCUT2D eigenvalue weighted by Gasteiger charge is 2.12. The van der Waals surface area contributed by atoms with Crippen LogP contribution < -0.4 is 4.90 Å². The lowest BCUT2D eigenvalue weighted by Crippen LogP contribution is -2.09. The van der Waals surface area contributed by atoms with Crippen LogP contribution >= 0.6 is 0 Å². The first-order valence-corrected chi connectivity index (χ1v) is 8.12. The normalized spacial score (nSPS) is 10.6. The van der Waals surface area contributed by atoms with E-state index in [1.807, 2.05) is 42.5 Å². The lowest BCUT2D eigenvalue weighted by molar-refractivity contribution is 1.29. The number of hydrogen-bond acceptors (Lipinski definition) is 3. The first kappa shape index (κ1) is 15.1. The first-order chi connectivity index (χ1) is 12.3. The number of para-hydroxylation sites is 1. The molecule has 0 unspecified atom stereocenters. The van der Waals surface area contributed by atoms with Crippen molar-refractivity contribution in [3.8, 4) is 0 Å². The van der Waals surface area contributed by atoms with Gasteiger partial charge in [-0.25, -0.2) is 0 Å². The van der Waals surface area contributed by atoms with Crippen molar-refractivity contribution in [3.05, 3.63) is 102 Å². The molecule has 0 aliphatic heterocycles. The maximum absolute atomic E-state index is 10.7. The van der Waals surface area contributed by atoms with Crippen molar-refractivity contribution in [2.45, 2.75) is 0 Å². The Balaban J connectivity index is 1.87. The third kappa shape index (κ3) is 3.00. The molecule has 3 nitrogen and oxygen atoms in total. The zero-order valence-electron chi connectivity index (χ0n) is 13.5. The summed E-state index contributed by atoms with van der Waals surface area (Å²) in [5.41, 5.74) is 3.53. The smallest absolute Gasteiger partial charge is 0.108 e. The molecule has 0 spiro atoms. The molecule has 4 aromatic rings. The molecule has 0 aromatic heterocycles. The maximum Gasteiger partial charge on any atom is 0.108 e. The molecule has 0 saturated carbocycles. The number of nitroso groups, excluding NO2 is 1. The SMILES string of the molecule is O=Nc1ccc(N(c2ccccc2)c2ccc3ccccc3c2)cc1. The molecule has 0 N–H and O–H groups in total. The van der Waals surface area contributed by atoms with Gasteiger partial charge < -0.3 is 4.90 Å². The highest BCUT2D eigenvalue weighted by Crippen LogP contribution is 2.36. The van der Waals surface area contributed by atoms with Crippen molar-refractivity contribution in [2.75, 3.05) is 4.90 Å². The zero-order chi connectivity index (χ0) is 17.1. The number of fused-ring (bicyclic) bond motifs is 1. The van der Waals surface area contributed by atoms with Gasteiger partial charge in [-0.1, -0.05) is 48.5 Å². The molecule has 0 heterocycles. The van der Waals surface area contributed by atoms with Crippen LogP contribution in [0.5, 0.6) is 0 Å². The molecule has 0 bridgehead atoms. The van der Waals surface area contributed by atoms with Crippen LogP contribution in [-0.4, -0.2) is 0 Å². The lowest BCUT2D eigenvalue weighted by Gasteiger charge is -2.25. The van der Waals surface area contributed by atoms with Gasteiger partial charge in [0.15, 0.2) is 0 Å². The molecule has 0 saturated heterocycles. The summed E-state index contributed by atoms with van der Waals surface area (Å²) in [5, 5.41) is 5.38. The fourth-order valence-corrected chi connectivity index (χ4v) is 3.00. The van der Waals surface area contributed by atoms with Crippen molar-refractivity contribution < 1.29 is 0 Å².